The number of nitrogens with two attached hydrogens (primary N) is 1. The van der Waals surface area contributed by atoms with Crippen LogP contribution in [0.5, 0.6) is 0 Å². The highest BCUT2D eigenvalue weighted by Gasteiger charge is 1.86. The zero-order valence-corrected chi connectivity index (χ0v) is 4.14. The predicted molar refractivity (Wildman–Crippen MR) is 27.9 cm³/mol. The minimum atomic E-state index is 0.692. The Labute approximate surface area is 41.9 Å². The van der Waals surface area contributed by atoms with Crippen molar-refractivity contribution in [1.29, 1.82) is 0 Å². The average molecular weight is 97.1 g/mol. The van der Waals surface area contributed by atoms with Gasteiger partial charge in [0.2, 0.25) is 0 Å². The summed E-state index contributed by atoms with van der Waals surface area (Å²) in [6, 6.07) is 1.78. The maximum atomic E-state index is 5.28. The lowest BCUT2D eigenvalue weighted by molar-refractivity contribution is 0.535. The van der Waals surface area contributed by atoms with Gasteiger partial charge in [0.05, 0.1) is 5.69 Å². The van der Waals surface area contributed by atoms with E-state index >= 15 is 0 Å². The topological polar surface area (TPSA) is 39.2 Å². The molecule has 1 rings (SSSR count). The summed E-state index contributed by atoms with van der Waals surface area (Å²) in [5.74, 6) is 0.859. The van der Waals surface area contributed by atoms with Gasteiger partial charge < -0.3 is 10.2 Å². The fourth-order valence-corrected chi connectivity index (χ4v) is 0.464. The lowest BCUT2D eigenvalue weighted by Gasteiger charge is -1.69. The summed E-state index contributed by atoms with van der Waals surface area (Å²) in [7, 11) is 0. The van der Waals surface area contributed by atoms with Crippen LogP contribution in [0.2, 0.25) is 0 Å². The average Bonchev–Trinajstić information content (AvgIpc) is 1.87. The van der Waals surface area contributed by atoms with Crippen molar-refractivity contribution in [2.45, 2.75) is 6.92 Å². The Morgan fingerprint density at radius 3 is 2.57 bits per heavy atom. The maximum absolute atomic E-state index is 5.28. The summed E-state index contributed by atoms with van der Waals surface area (Å²) in [5, 5.41) is 0. The third-order valence-electron chi connectivity index (χ3n) is 0.751. The minimum absolute atomic E-state index is 0.692. The van der Waals surface area contributed by atoms with Gasteiger partial charge in [0.25, 0.3) is 0 Å². The first kappa shape index (κ1) is 4.24. The maximum Gasteiger partial charge on any atom is 0.114 e. The van der Waals surface area contributed by atoms with Crippen molar-refractivity contribution in [3.05, 3.63) is 18.1 Å². The number of rotatable bonds is 0. The van der Waals surface area contributed by atoms with Gasteiger partial charge in [0.1, 0.15) is 12.0 Å². The van der Waals surface area contributed by atoms with Crippen LogP contribution in [0.1, 0.15) is 5.76 Å². The monoisotopic (exact) mass is 97.1 g/mol. The van der Waals surface area contributed by atoms with Crippen molar-refractivity contribution in [1.82, 2.24) is 0 Å². The van der Waals surface area contributed by atoms with Crippen LogP contribution in [0.3, 0.4) is 0 Å². The molecule has 0 atom stereocenters. The van der Waals surface area contributed by atoms with E-state index in [1.54, 1.807) is 6.07 Å². The van der Waals surface area contributed by atoms with Gasteiger partial charge in [0, 0.05) is 6.07 Å². The van der Waals surface area contributed by atoms with Gasteiger partial charge in [-0.15, -0.1) is 0 Å². The van der Waals surface area contributed by atoms with Crippen LogP contribution in [-0.4, -0.2) is 0 Å². The van der Waals surface area contributed by atoms with Gasteiger partial charge in [0.15, 0.2) is 0 Å². The fourth-order valence-electron chi connectivity index (χ4n) is 0.464. The summed E-state index contributed by atoms with van der Waals surface area (Å²) in [6.45, 7) is 1.86. The van der Waals surface area contributed by atoms with Gasteiger partial charge in [-0.3, -0.25) is 0 Å². The zero-order chi connectivity index (χ0) is 5.28. The van der Waals surface area contributed by atoms with Crippen molar-refractivity contribution in [2.24, 2.45) is 0 Å². The van der Waals surface area contributed by atoms with E-state index < -0.39 is 0 Å². The van der Waals surface area contributed by atoms with Gasteiger partial charge in [-0.05, 0) is 6.92 Å². The molecule has 0 radical (unpaired) electrons. The molecule has 0 saturated heterocycles. The number of nitrogen functional groups attached to an aromatic ring is 1. The molecule has 1 aromatic heterocycles. The second kappa shape index (κ2) is 1.30. The molecule has 1 heterocycles. The van der Waals surface area contributed by atoms with E-state index in [0.29, 0.717) is 5.69 Å². The molecule has 0 aliphatic heterocycles. The van der Waals surface area contributed by atoms with Crippen molar-refractivity contribution >= 4 is 5.69 Å². The van der Waals surface area contributed by atoms with E-state index in [0.717, 1.165) is 5.76 Å². The molecule has 0 unspecified atom stereocenters. The number of hydrogen-bond donors (Lipinski definition) is 1. The van der Waals surface area contributed by atoms with E-state index in [9.17, 15) is 0 Å². The SMILES string of the molecule is Cc1cc(N)co1. The molecule has 0 fully saturated rings. The van der Waals surface area contributed by atoms with Crippen molar-refractivity contribution in [3.8, 4) is 0 Å². The van der Waals surface area contributed by atoms with Gasteiger partial charge >= 0.3 is 0 Å². The quantitative estimate of drug-likeness (QED) is 0.527. The number of furan rings is 1. The number of anilines is 1. The van der Waals surface area contributed by atoms with Crippen molar-refractivity contribution in [2.75, 3.05) is 5.73 Å². The normalized spacial score (nSPS) is 9.29. The van der Waals surface area contributed by atoms with Crippen molar-refractivity contribution < 1.29 is 4.42 Å². The third kappa shape index (κ3) is 0.738. The standard InChI is InChI=1S/C5H7NO/c1-4-2-5(6)3-7-4/h2-3H,6H2,1H3. The Balaban J connectivity index is 3.04. The van der Waals surface area contributed by atoms with Crippen LogP contribution in [0, 0.1) is 6.92 Å². The highest BCUT2D eigenvalue weighted by molar-refractivity contribution is 5.34. The third-order valence-corrected chi connectivity index (χ3v) is 0.751. The Kier molecular flexibility index (Phi) is 0.785. The molecule has 0 amide bonds. The molecule has 0 saturated carbocycles. The van der Waals surface area contributed by atoms with E-state index in [1.807, 2.05) is 6.92 Å². The zero-order valence-electron chi connectivity index (χ0n) is 4.14. The lowest BCUT2D eigenvalue weighted by atomic mass is 10.5. The molecule has 0 aliphatic rings. The molecule has 38 valence electrons. The van der Waals surface area contributed by atoms with E-state index in [1.165, 1.54) is 6.26 Å². The number of aryl methyl sites for hydroxylation is 1. The summed E-state index contributed by atoms with van der Waals surface area (Å²) in [5.41, 5.74) is 5.98. The Morgan fingerprint density at radius 2 is 2.43 bits per heavy atom. The molecule has 2 N–H and O–H groups in total. The lowest BCUT2D eigenvalue weighted by Crippen LogP contribution is -1.75. The van der Waals surface area contributed by atoms with Crippen LogP contribution >= 0.6 is 0 Å². The smallest absolute Gasteiger partial charge is 0.114 e. The Hall–Kier alpha value is -0.920. The van der Waals surface area contributed by atoms with E-state index in [2.05, 4.69) is 0 Å². The molecule has 0 spiro atoms. The second-order valence-corrected chi connectivity index (χ2v) is 1.49. The molecule has 0 aromatic carbocycles. The summed E-state index contributed by atoms with van der Waals surface area (Å²) >= 11 is 0. The van der Waals surface area contributed by atoms with Crippen LogP contribution in [-0.2, 0) is 0 Å². The Bertz CT molecular complexity index is 140. The first-order chi connectivity index (χ1) is 3.29. The predicted octanol–water partition coefficient (Wildman–Crippen LogP) is 1.17. The van der Waals surface area contributed by atoms with Gasteiger partial charge in [-0.25, -0.2) is 0 Å². The van der Waals surface area contributed by atoms with Crippen LogP contribution in [0.4, 0.5) is 5.69 Å². The number of hydrogen-bond acceptors (Lipinski definition) is 2. The fraction of sp³-hybridized carbons (Fsp3) is 0.200. The van der Waals surface area contributed by atoms with Crippen molar-refractivity contribution in [3.63, 3.8) is 0 Å². The molecular formula is C5H7NO. The van der Waals surface area contributed by atoms with Crippen LogP contribution < -0.4 is 5.73 Å². The highest BCUT2D eigenvalue weighted by Crippen LogP contribution is 2.05. The van der Waals surface area contributed by atoms with Crippen LogP contribution in [0.25, 0.3) is 0 Å². The summed E-state index contributed by atoms with van der Waals surface area (Å²) in [4.78, 5) is 0. The molecular weight excluding hydrogens is 90.1 g/mol. The Morgan fingerprint density at radius 1 is 1.71 bits per heavy atom. The summed E-state index contributed by atoms with van der Waals surface area (Å²) < 4.78 is 4.84. The van der Waals surface area contributed by atoms with E-state index in [-0.39, 0.29) is 0 Å². The van der Waals surface area contributed by atoms with Gasteiger partial charge in [-0.2, -0.15) is 0 Å². The van der Waals surface area contributed by atoms with Crippen LogP contribution in [0.15, 0.2) is 16.7 Å². The molecule has 0 bridgehead atoms. The minimum Gasteiger partial charge on any atom is -0.467 e. The molecule has 1 aromatic rings. The molecule has 0 aliphatic carbocycles. The van der Waals surface area contributed by atoms with Gasteiger partial charge in [-0.1, -0.05) is 0 Å². The molecule has 2 nitrogen and oxygen atoms in total. The molecule has 2 heteroatoms. The second-order valence-electron chi connectivity index (χ2n) is 1.49. The molecule has 7 heavy (non-hydrogen) atoms. The highest BCUT2D eigenvalue weighted by atomic mass is 16.3. The first-order valence-corrected chi connectivity index (χ1v) is 2.09. The first-order valence-electron chi connectivity index (χ1n) is 2.09. The largest absolute Gasteiger partial charge is 0.467 e. The summed E-state index contributed by atoms with van der Waals surface area (Å²) in [6.07, 6.45) is 1.52. The van der Waals surface area contributed by atoms with E-state index in [4.69, 9.17) is 10.2 Å².